The maximum atomic E-state index is 11.8. The van der Waals surface area contributed by atoms with Crippen molar-refractivity contribution in [2.45, 2.75) is 50.7 Å². The molecule has 1 aliphatic heterocycles. The lowest BCUT2D eigenvalue weighted by Gasteiger charge is -2.39. The highest BCUT2D eigenvalue weighted by Crippen LogP contribution is 2.41. The van der Waals surface area contributed by atoms with Crippen LogP contribution in [0.25, 0.3) is 17.2 Å². The molecule has 0 amide bonds. The molecule has 0 saturated heterocycles. The van der Waals surface area contributed by atoms with E-state index in [2.05, 4.69) is 25.2 Å². The first-order valence-electron chi connectivity index (χ1n) is 11.6. The number of halogens is 1. The summed E-state index contributed by atoms with van der Waals surface area (Å²) in [6, 6.07) is 13.0. The summed E-state index contributed by atoms with van der Waals surface area (Å²) < 4.78 is 45.1. The Morgan fingerprint density at radius 3 is 2.53 bits per heavy atom. The third kappa shape index (κ3) is 5.63. The van der Waals surface area contributed by atoms with Crippen LogP contribution in [0.15, 0.2) is 52.2 Å². The molecule has 6 nitrogen and oxygen atoms in total. The van der Waals surface area contributed by atoms with E-state index in [1.165, 1.54) is 0 Å². The summed E-state index contributed by atoms with van der Waals surface area (Å²) in [4.78, 5) is 0.764. The number of rotatable bonds is 8. The molecular weight excluding hydrogens is 518 g/mol. The summed E-state index contributed by atoms with van der Waals surface area (Å²) in [6.07, 6.45) is 3.02. The average Bonchev–Trinajstić information content (AvgIpc) is 3.20. The second-order valence-corrected chi connectivity index (χ2v) is 12.8. The normalized spacial score (nSPS) is 17.5. The van der Waals surface area contributed by atoms with Gasteiger partial charge in [-0.3, -0.25) is 4.55 Å². The first-order chi connectivity index (χ1) is 16.9. The van der Waals surface area contributed by atoms with Gasteiger partial charge < -0.3 is 14.8 Å². The molecule has 2 heterocycles. The topological polar surface area (TPSA) is 84.9 Å². The largest absolute Gasteiger partial charge is 0.497 e. The second kappa shape index (κ2) is 10.2. The van der Waals surface area contributed by atoms with E-state index in [1.54, 1.807) is 32.2 Å². The van der Waals surface area contributed by atoms with Gasteiger partial charge in [0.15, 0.2) is 9.93 Å². The molecule has 0 bridgehead atoms. The van der Waals surface area contributed by atoms with Gasteiger partial charge in [-0.05, 0) is 73.7 Å². The van der Waals surface area contributed by atoms with Crippen molar-refractivity contribution in [2.24, 2.45) is 5.92 Å². The van der Waals surface area contributed by atoms with Crippen LogP contribution >= 0.6 is 22.9 Å². The Hall–Kier alpha value is -2.36. The summed E-state index contributed by atoms with van der Waals surface area (Å²) in [6.45, 7) is 8.45. The first kappa shape index (κ1) is 26.7. The van der Waals surface area contributed by atoms with Crippen LogP contribution in [0.4, 0.5) is 5.69 Å². The first-order valence-corrected chi connectivity index (χ1v) is 14.2. The van der Waals surface area contributed by atoms with Gasteiger partial charge in [0.2, 0.25) is 0 Å². The molecule has 1 unspecified atom stereocenters. The van der Waals surface area contributed by atoms with Gasteiger partial charge in [-0.2, -0.15) is 8.42 Å². The zero-order valence-corrected chi connectivity index (χ0v) is 23.3. The Balaban J connectivity index is 1.60. The quantitative estimate of drug-likeness (QED) is 0.285. The van der Waals surface area contributed by atoms with Crippen LogP contribution in [-0.2, 0) is 21.5 Å². The molecule has 192 valence electrons. The Morgan fingerprint density at radius 1 is 1.14 bits per heavy atom. The minimum Gasteiger partial charge on any atom is -0.497 e. The van der Waals surface area contributed by atoms with E-state index in [4.69, 9.17) is 21.1 Å². The third-order valence-corrected chi connectivity index (χ3v) is 8.84. The Kier molecular flexibility index (Phi) is 7.55. The van der Waals surface area contributed by atoms with Gasteiger partial charge in [0.05, 0.1) is 13.7 Å². The molecule has 1 atom stereocenters. The van der Waals surface area contributed by atoms with Crippen LogP contribution in [-0.4, -0.2) is 25.8 Å². The highest BCUT2D eigenvalue weighted by molar-refractivity contribution is 7.88. The van der Waals surface area contributed by atoms with Crippen molar-refractivity contribution < 1.29 is 22.4 Å². The van der Waals surface area contributed by atoms with E-state index in [1.807, 2.05) is 31.2 Å². The van der Waals surface area contributed by atoms with Crippen LogP contribution in [0.5, 0.6) is 5.75 Å². The number of anilines is 1. The van der Waals surface area contributed by atoms with Crippen molar-refractivity contribution in [3.8, 4) is 16.9 Å². The molecule has 9 heteroatoms. The van der Waals surface area contributed by atoms with Crippen LogP contribution in [0.2, 0.25) is 5.02 Å². The van der Waals surface area contributed by atoms with E-state index in [0.717, 1.165) is 50.8 Å². The van der Waals surface area contributed by atoms with E-state index >= 15 is 0 Å². The van der Waals surface area contributed by atoms with Gasteiger partial charge in [0.25, 0.3) is 0 Å². The minimum atomic E-state index is -4.35. The smallest absolute Gasteiger partial charge is 0.304 e. The molecule has 3 aromatic rings. The number of nitrogens with one attached hydrogen (secondary N) is 1. The fraction of sp³-hybridized carbons (Fsp3) is 0.333. The SMILES string of the molecule is COc1ccc2c(c1)C=C(CC(C)C)C(C)(OCc1ccc(-c3cc(C)sc3S(=O)(=O)O)c(Cl)c1)N2. The van der Waals surface area contributed by atoms with Crippen molar-refractivity contribution in [3.63, 3.8) is 0 Å². The third-order valence-electron chi connectivity index (χ3n) is 6.11. The molecule has 2 N–H and O–H groups in total. The Labute approximate surface area is 221 Å². The molecule has 0 aliphatic carbocycles. The molecule has 0 radical (unpaired) electrons. The maximum Gasteiger partial charge on any atom is 0.304 e. The van der Waals surface area contributed by atoms with Gasteiger partial charge in [-0.1, -0.05) is 37.6 Å². The maximum absolute atomic E-state index is 11.8. The lowest BCUT2D eigenvalue weighted by atomic mass is 9.89. The fourth-order valence-electron chi connectivity index (χ4n) is 4.35. The zero-order valence-electron chi connectivity index (χ0n) is 20.9. The fourth-order valence-corrected chi connectivity index (χ4v) is 6.67. The molecular formula is C27H30ClNO5S2. The summed E-state index contributed by atoms with van der Waals surface area (Å²) in [5, 5.41) is 3.94. The van der Waals surface area contributed by atoms with Crippen LogP contribution in [0.1, 0.15) is 43.2 Å². The molecule has 36 heavy (non-hydrogen) atoms. The lowest BCUT2D eigenvalue weighted by molar-refractivity contribution is 0.00224. The number of ether oxygens (including phenoxy) is 2. The van der Waals surface area contributed by atoms with E-state index < -0.39 is 15.8 Å². The summed E-state index contributed by atoms with van der Waals surface area (Å²) in [5.41, 5.74) is 4.21. The van der Waals surface area contributed by atoms with Gasteiger partial charge in [0, 0.05) is 32.3 Å². The van der Waals surface area contributed by atoms with Crippen molar-refractivity contribution in [3.05, 3.63) is 69.1 Å². The minimum absolute atomic E-state index is 0.108. The monoisotopic (exact) mass is 547 g/mol. The van der Waals surface area contributed by atoms with Gasteiger partial charge in [-0.25, -0.2) is 0 Å². The van der Waals surface area contributed by atoms with Crippen LogP contribution in [0, 0.1) is 12.8 Å². The highest BCUT2D eigenvalue weighted by atomic mass is 35.5. The van der Waals surface area contributed by atoms with E-state index in [9.17, 15) is 13.0 Å². The van der Waals surface area contributed by atoms with E-state index in [0.29, 0.717) is 22.1 Å². The van der Waals surface area contributed by atoms with Gasteiger partial charge in [-0.15, -0.1) is 11.3 Å². The van der Waals surface area contributed by atoms with E-state index in [-0.39, 0.29) is 10.8 Å². The molecule has 0 fully saturated rings. The number of thiophene rings is 1. The molecule has 4 rings (SSSR count). The number of hydrogen-bond acceptors (Lipinski definition) is 6. The zero-order chi connectivity index (χ0) is 26.3. The molecule has 1 aromatic heterocycles. The van der Waals surface area contributed by atoms with Crippen molar-refractivity contribution in [2.75, 3.05) is 12.4 Å². The second-order valence-electron chi connectivity index (χ2n) is 9.52. The predicted molar refractivity (Wildman–Crippen MR) is 147 cm³/mol. The number of methoxy groups -OCH3 is 1. The summed E-state index contributed by atoms with van der Waals surface area (Å²) in [7, 11) is -2.70. The lowest BCUT2D eigenvalue weighted by Crippen LogP contribution is -2.42. The number of fused-ring (bicyclic) bond motifs is 1. The predicted octanol–water partition coefficient (Wildman–Crippen LogP) is 7.42. The van der Waals surface area contributed by atoms with Gasteiger partial charge in [0.1, 0.15) is 5.75 Å². The standard InChI is InChI=1S/C27H30ClNO5S2/c1-16(2)10-20-13-19-14-21(33-5)7-9-25(19)29-27(20,4)34-15-18-6-8-22(24(28)12-18)23-11-17(3)35-26(23)36(30,31)32/h6-9,11-14,16,29H,10,15H2,1-5H3,(H,30,31,32). The average molecular weight is 548 g/mol. The Bertz CT molecular complexity index is 1430. The van der Waals surface area contributed by atoms with Crippen molar-refractivity contribution in [1.82, 2.24) is 0 Å². The number of aryl methyl sites for hydroxylation is 1. The summed E-state index contributed by atoms with van der Waals surface area (Å²) in [5.74, 6) is 1.24. The van der Waals surface area contributed by atoms with Gasteiger partial charge >= 0.3 is 10.1 Å². The number of hydrogen-bond donors (Lipinski definition) is 2. The molecule has 1 aliphatic rings. The Morgan fingerprint density at radius 2 is 1.89 bits per heavy atom. The van der Waals surface area contributed by atoms with Crippen LogP contribution < -0.4 is 10.1 Å². The molecule has 0 spiro atoms. The molecule has 0 saturated carbocycles. The molecule has 2 aromatic carbocycles. The van der Waals surface area contributed by atoms with Crippen molar-refractivity contribution >= 4 is 44.8 Å². The highest BCUT2D eigenvalue weighted by Gasteiger charge is 2.34. The van der Waals surface area contributed by atoms with Crippen molar-refractivity contribution in [1.29, 1.82) is 0 Å². The van der Waals surface area contributed by atoms with Crippen LogP contribution in [0.3, 0.4) is 0 Å². The summed E-state index contributed by atoms with van der Waals surface area (Å²) >= 11 is 7.59. The number of benzene rings is 2.